The predicted molar refractivity (Wildman–Crippen MR) is 288 cm³/mol. The molecular weight excluding hydrogens is 819 g/mol. The summed E-state index contributed by atoms with van der Waals surface area (Å²) in [5, 5.41) is 10.1. The van der Waals surface area contributed by atoms with Gasteiger partial charge in [0.25, 0.3) is 0 Å². The van der Waals surface area contributed by atoms with Crippen LogP contribution in [0.2, 0.25) is 0 Å². The van der Waals surface area contributed by atoms with Crippen LogP contribution in [0.15, 0.2) is 254 Å². The number of allylic oxidation sites excluding steroid dienone is 4. The molecule has 2 aliphatic rings. The summed E-state index contributed by atoms with van der Waals surface area (Å²) in [7, 11) is 0. The van der Waals surface area contributed by atoms with Crippen LogP contribution in [-0.2, 0) is 5.41 Å². The van der Waals surface area contributed by atoms with Crippen molar-refractivity contribution in [3.8, 4) is 50.2 Å². The van der Waals surface area contributed by atoms with E-state index >= 15 is 0 Å². The number of aromatic nitrogens is 1. The maximum Gasteiger partial charge on any atom is 0.0711 e. The predicted octanol–water partition coefficient (Wildman–Crippen LogP) is 17.8. The molecule has 0 radical (unpaired) electrons. The second-order valence-electron chi connectivity index (χ2n) is 18.6. The Labute approximate surface area is 396 Å². The van der Waals surface area contributed by atoms with E-state index in [-0.39, 0.29) is 0 Å². The molecule has 1 nitrogen and oxygen atoms in total. The van der Waals surface area contributed by atoms with Crippen LogP contribution in [0.5, 0.6) is 0 Å². The largest absolute Gasteiger partial charge is 0.309 e. The first-order valence-corrected chi connectivity index (χ1v) is 24.0. The van der Waals surface area contributed by atoms with Crippen molar-refractivity contribution in [3.05, 3.63) is 271 Å². The maximum atomic E-state index is 2.56. The van der Waals surface area contributed by atoms with Gasteiger partial charge in [0.1, 0.15) is 0 Å². The van der Waals surface area contributed by atoms with Crippen LogP contribution in [0.3, 0.4) is 0 Å². The highest BCUT2D eigenvalue weighted by Crippen LogP contribution is 2.58. The molecule has 0 N–H and O–H groups in total. The average Bonchev–Trinajstić information content (AvgIpc) is 3.90. The van der Waals surface area contributed by atoms with Crippen molar-refractivity contribution in [1.82, 2.24) is 4.57 Å². The highest BCUT2D eigenvalue weighted by molar-refractivity contribution is 6.26. The zero-order chi connectivity index (χ0) is 44.8. The topological polar surface area (TPSA) is 4.93 Å². The first-order chi connectivity index (χ1) is 33.7. The Morgan fingerprint density at radius 3 is 1.53 bits per heavy atom. The summed E-state index contributed by atoms with van der Waals surface area (Å²) in [6.45, 7) is 0. The minimum Gasteiger partial charge on any atom is -0.309 e. The summed E-state index contributed by atoms with van der Waals surface area (Å²) in [6.07, 6.45) is 9.36. The highest BCUT2D eigenvalue weighted by atomic mass is 15.0. The van der Waals surface area contributed by atoms with E-state index in [1.165, 1.54) is 121 Å². The van der Waals surface area contributed by atoms with E-state index in [0.717, 1.165) is 18.5 Å². The molecule has 12 aromatic rings. The normalized spacial score (nSPS) is 15.3. The third-order valence-corrected chi connectivity index (χ3v) is 15.0. The van der Waals surface area contributed by atoms with Crippen molar-refractivity contribution in [2.24, 2.45) is 0 Å². The first-order valence-electron chi connectivity index (χ1n) is 24.0. The number of hydrogen-bond donors (Lipinski definition) is 0. The summed E-state index contributed by atoms with van der Waals surface area (Å²) >= 11 is 0. The van der Waals surface area contributed by atoms with E-state index in [0.29, 0.717) is 0 Å². The highest BCUT2D eigenvalue weighted by Gasteiger charge is 2.47. The molecule has 1 heterocycles. The summed E-state index contributed by atoms with van der Waals surface area (Å²) in [5.74, 6) is 0. The van der Waals surface area contributed by atoms with Gasteiger partial charge in [0.2, 0.25) is 0 Å². The quantitative estimate of drug-likeness (QED) is 0.147. The SMILES string of the molecule is C1=CC(C2(c3ccccc3)c3ccccc3-c3cc4c5cc(-c6cc(-c7ccccc7)cc(-c7ccccc7)c6)ccc5n(-c5ccc6c7ccccc7c7ccccc7c6c5)c4cc32)=CCC1. The van der Waals surface area contributed by atoms with E-state index in [1.807, 2.05) is 0 Å². The molecule has 1 unspecified atom stereocenters. The number of rotatable bonds is 6. The summed E-state index contributed by atoms with van der Waals surface area (Å²) < 4.78 is 2.55. The zero-order valence-electron chi connectivity index (χ0n) is 37.5. The number of nitrogens with zero attached hydrogens (tertiary/aromatic N) is 1. The standard InChI is InChI=1S/C67H45N/c1-5-19-44(20-6-1)47-37-48(45-21-7-2-8-22-45)39-49(38-47)46-33-36-65-61(40-46)62-42-60-58-31-17-18-32-63(58)67(50-23-9-3-10-24-50,51-25-11-4-12-26-51)64(60)43-66(62)68(65)52-34-35-57-55-29-14-13-27-53(55)54-28-15-16-30-56(54)59(57)41-52/h1-3,5-11,13-43H,4,12H2. The maximum absolute atomic E-state index is 2.56. The van der Waals surface area contributed by atoms with Gasteiger partial charge in [-0.3, -0.25) is 0 Å². The number of hydrogen-bond acceptors (Lipinski definition) is 0. The molecule has 318 valence electrons. The third kappa shape index (κ3) is 5.76. The van der Waals surface area contributed by atoms with Crippen molar-refractivity contribution < 1.29 is 0 Å². The number of fused-ring (bicyclic) bond motifs is 12. The van der Waals surface area contributed by atoms with Crippen molar-refractivity contribution in [2.45, 2.75) is 18.3 Å². The Bertz CT molecular complexity index is 3970. The summed E-state index contributed by atoms with van der Waals surface area (Å²) in [5.41, 5.74) is 18.2. The van der Waals surface area contributed by atoms with Gasteiger partial charge in [-0.15, -0.1) is 0 Å². The molecule has 0 fully saturated rings. The lowest BCUT2D eigenvalue weighted by Gasteiger charge is -2.35. The fourth-order valence-electron chi connectivity index (χ4n) is 12.0. The van der Waals surface area contributed by atoms with Crippen LogP contribution in [0.4, 0.5) is 0 Å². The summed E-state index contributed by atoms with van der Waals surface area (Å²) in [6, 6.07) is 86.3. The van der Waals surface area contributed by atoms with Crippen LogP contribution >= 0.6 is 0 Å². The minimum atomic E-state index is -0.477. The molecule has 2 aliphatic carbocycles. The van der Waals surface area contributed by atoms with Crippen molar-refractivity contribution >= 4 is 54.1 Å². The smallest absolute Gasteiger partial charge is 0.0711 e. The molecule has 1 aromatic heterocycles. The van der Waals surface area contributed by atoms with Crippen LogP contribution < -0.4 is 0 Å². The van der Waals surface area contributed by atoms with Crippen molar-refractivity contribution in [1.29, 1.82) is 0 Å². The molecule has 0 saturated carbocycles. The average molecular weight is 864 g/mol. The molecule has 0 bridgehead atoms. The zero-order valence-corrected chi connectivity index (χ0v) is 37.5. The molecule has 1 atom stereocenters. The lowest BCUT2D eigenvalue weighted by atomic mass is 9.66. The Kier molecular flexibility index (Phi) is 8.70. The van der Waals surface area contributed by atoms with Gasteiger partial charge in [-0.25, -0.2) is 0 Å². The van der Waals surface area contributed by atoms with Gasteiger partial charge in [-0.05, 0) is 167 Å². The molecule has 11 aromatic carbocycles. The van der Waals surface area contributed by atoms with Crippen molar-refractivity contribution in [2.75, 3.05) is 0 Å². The molecule has 0 saturated heterocycles. The molecule has 1 heteroatoms. The first kappa shape index (κ1) is 38.7. The molecule has 68 heavy (non-hydrogen) atoms. The Balaban J connectivity index is 1.09. The van der Waals surface area contributed by atoms with Crippen LogP contribution in [0.1, 0.15) is 29.5 Å². The molecule has 0 spiro atoms. The second kappa shape index (κ2) is 15.3. The molecule has 14 rings (SSSR count). The van der Waals surface area contributed by atoms with Gasteiger partial charge in [0, 0.05) is 16.5 Å². The third-order valence-electron chi connectivity index (χ3n) is 15.0. The van der Waals surface area contributed by atoms with Gasteiger partial charge < -0.3 is 4.57 Å². The summed E-state index contributed by atoms with van der Waals surface area (Å²) in [4.78, 5) is 0. The van der Waals surface area contributed by atoms with Gasteiger partial charge in [-0.2, -0.15) is 0 Å². The fourth-order valence-corrected chi connectivity index (χ4v) is 12.0. The number of benzene rings is 11. The van der Waals surface area contributed by atoms with Crippen molar-refractivity contribution in [3.63, 3.8) is 0 Å². The lowest BCUT2D eigenvalue weighted by molar-refractivity contribution is 0.752. The lowest BCUT2D eigenvalue weighted by Crippen LogP contribution is -2.29. The monoisotopic (exact) mass is 863 g/mol. The van der Waals surface area contributed by atoms with E-state index < -0.39 is 5.41 Å². The van der Waals surface area contributed by atoms with Gasteiger partial charge >= 0.3 is 0 Å². The molecule has 0 aliphatic heterocycles. The van der Waals surface area contributed by atoms with Crippen LogP contribution in [0, 0.1) is 0 Å². The Hall–Kier alpha value is -8.52. The molecular formula is C67H45N. The van der Waals surface area contributed by atoms with Gasteiger partial charge in [-0.1, -0.05) is 194 Å². The Morgan fingerprint density at radius 2 is 0.882 bits per heavy atom. The second-order valence-corrected chi connectivity index (χ2v) is 18.6. The van der Waals surface area contributed by atoms with Crippen LogP contribution in [0.25, 0.3) is 104 Å². The van der Waals surface area contributed by atoms with E-state index in [9.17, 15) is 0 Å². The van der Waals surface area contributed by atoms with Gasteiger partial charge in [0.05, 0.1) is 16.4 Å². The van der Waals surface area contributed by atoms with Gasteiger partial charge in [0.15, 0.2) is 0 Å². The van der Waals surface area contributed by atoms with E-state index in [4.69, 9.17) is 0 Å². The molecule has 0 amide bonds. The fraction of sp³-hybridized carbons (Fsp3) is 0.0448. The van der Waals surface area contributed by atoms with Crippen LogP contribution in [-0.4, -0.2) is 4.57 Å². The Morgan fingerprint density at radius 1 is 0.324 bits per heavy atom. The van der Waals surface area contributed by atoms with E-state index in [1.54, 1.807) is 0 Å². The minimum absolute atomic E-state index is 0.477. The van der Waals surface area contributed by atoms with E-state index in [2.05, 4.69) is 253 Å².